The Bertz CT molecular complexity index is 362. The molecule has 0 saturated carbocycles. The molecule has 94 valence electrons. The monoisotopic (exact) mass is 232 g/mol. The molecule has 2 nitrogen and oxygen atoms in total. The zero-order chi connectivity index (χ0) is 12.3. The van der Waals surface area contributed by atoms with E-state index in [1.807, 2.05) is 0 Å². The van der Waals surface area contributed by atoms with Crippen LogP contribution in [0, 0.1) is 12.8 Å². The second-order valence-corrected chi connectivity index (χ2v) is 5.39. The van der Waals surface area contributed by atoms with Gasteiger partial charge in [-0.25, -0.2) is 0 Å². The van der Waals surface area contributed by atoms with Crippen LogP contribution in [0.3, 0.4) is 0 Å². The minimum Gasteiger partial charge on any atom is -0.327 e. The highest BCUT2D eigenvalue weighted by atomic mass is 15.1. The van der Waals surface area contributed by atoms with Crippen LogP contribution in [-0.4, -0.2) is 24.0 Å². The van der Waals surface area contributed by atoms with Gasteiger partial charge in [0.15, 0.2) is 0 Å². The van der Waals surface area contributed by atoms with Crippen molar-refractivity contribution in [3.63, 3.8) is 0 Å². The largest absolute Gasteiger partial charge is 0.327 e. The topological polar surface area (TPSA) is 29.3 Å². The minimum absolute atomic E-state index is 0.359. The smallest absolute Gasteiger partial charge is 0.0237 e. The first-order chi connectivity index (χ1) is 8.19. The number of benzene rings is 1. The molecule has 1 fully saturated rings. The molecule has 1 saturated heterocycles. The molecule has 2 unspecified atom stereocenters. The van der Waals surface area contributed by atoms with Gasteiger partial charge in [-0.2, -0.15) is 0 Å². The number of hydrogen-bond donors (Lipinski definition) is 1. The first-order valence-electron chi connectivity index (χ1n) is 6.71. The molecule has 1 aromatic rings. The Kier molecular flexibility index (Phi) is 4.19. The first kappa shape index (κ1) is 12.6. The number of rotatable bonds is 3. The van der Waals surface area contributed by atoms with Crippen molar-refractivity contribution in [3.8, 4) is 0 Å². The summed E-state index contributed by atoms with van der Waals surface area (Å²) < 4.78 is 0. The maximum atomic E-state index is 6.14. The van der Waals surface area contributed by atoms with E-state index in [0.717, 1.165) is 19.0 Å². The van der Waals surface area contributed by atoms with Crippen LogP contribution in [-0.2, 0) is 6.54 Å². The van der Waals surface area contributed by atoms with Gasteiger partial charge >= 0.3 is 0 Å². The molecule has 0 amide bonds. The maximum Gasteiger partial charge on any atom is 0.0237 e. The Hall–Kier alpha value is -0.860. The van der Waals surface area contributed by atoms with Gasteiger partial charge in [-0.05, 0) is 30.4 Å². The van der Waals surface area contributed by atoms with Gasteiger partial charge in [0.05, 0.1) is 0 Å². The zero-order valence-corrected chi connectivity index (χ0v) is 11.0. The number of nitrogens with zero attached hydrogens (tertiary/aromatic N) is 1. The average molecular weight is 232 g/mol. The zero-order valence-electron chi connectivity index (χ0n) is 11.0. The molecule has 0 bridgehead atoms. The summed E-state index contributed by atoms with van der Waals surface area (Å²) in [4.78, 5) is 2.52. The molecule has 17 heavy (non-hydrogen) atoms. The van der Waals surface area contributed by atoms with Crippen molar-refractivity contribution in [1.29, 1.82) is 0 Å². The van der Waals surface area contributed by atoms with Gasteiger partial charge in [-0.1, -0.05) is 37.6 Å². The first-order valence-corrected chi connectivity index (χ1v) is 6.71. The Morgan fingerprint density at radius 1 is 1.29 bits per heavy atom. The Balaban J connectivity index is 2.01. The lowest BCUT2D eigenvalue weighted by molar-refractivity contribution is 0.147. The summed E-state index contributed by atoms with van der Waals surface area (Å²) in [5.74, 6) is 0.780. The lowest BCUT2D eigenvalue weighted by Crippen LogP contribution is -2.46. The van der Waals surface area contributed by atoms with E-state index in [9.17, 15) is 0 Å². The highest BCUT2D eigenvalue weighted by molar-refractivity contribution is 5.25. The quantitative estimate of drug-likeness (QED) is 0.868. The van der Waals surface area contributed by atoms with Crippen molar-refractivity contribution in [1.82, 2.24) is 4.90 Å². The van der Waals surface area contributed by atoms with Crippen LogP contribution >= 0.6 is 0 Å². The summed E-state index contributed by atoms with van der Waals surface area (Å²) in [7, 11) is 0. The van der Waals surface area contributed by atoms with Gasteiger partial charge in [0.1, 0.15) is 0 Å². The lowest BCUT2D eigenvalue weighted by Gasteiger charge is -2.36. The molecule has 1 aromatic carbocycles. The molecule has 2 atom stereocenters. The Labute approximate surface area is 105 Å². The molecule has 1 aliphatic heterocycles. The molecular weight excluding hydrogens is 208 g/mol. The molecular formula is C15H24N2. The predicted octanol–water partition coefficient (Wildman–Crippen LogP) is 2.55. The van der Waals surface area contributed by atoms with Gasteiger partial charge in [0, 0.05) is 25.7 Å². The molecule has 0 spiro atoms. The highest BCUT2D eigenvalue weighted by Gasteiger charge is 2.23. The van der Waals surface area contributed by atoms with E-state index >= 15 is 0 Å². The van der Waals surface area contributed by atoms with Gasteiger partial charge < -0.3 is 5.73 Å². The van der Waals surface area contributed by atoms with Crippen LogP contribution in [0.1, 0.15) is 30.9 Å². The van der Waals surface area contributed by atoms with Crippen molar-refractivity contribution < 1.29 is 0 Å². The molecule has 2 rings (SSSR count). The number of likely N-dealkylation sites (tertiary alicyclic amines) is 1. The Morgan fingerprint density at radius 3 is 2.76 bits per heavy atom. The highest BCUT2D eigenvalue weighted by Crippen LogP contribution is 2.21. The van der Waals surface area contributed by atoms with Crippen molar-refractivity contribution in [2.75, 3.05) is 13.1 Å². The van der Waals surface area contributed by atoms with E-state index < -0.39 is 0 Å². The van der Waals surface area contributed by atoms with Crippen LogP contribution in [0.4, 0.5) is 0 Å². The van der Waals surface area contributed by atoms with Crippen molar-refractivity contribution in [2.24, 2.45) is 11.7 Å². The summed E-state index contributed by atoms with van der Waals surface area (Å²) in [6, 6.07) is 9.02. The van der Waals surface area contributed by atoms with Gasteiger partial charge in [0.25, 0.3) is 0 Å². The van der Waals surface area contributed by atoms with Gasteiger partial charge in [-0.15, -0.1) is 0 Å². The maximum absolute atomic E-state index is 6.14. The standard InChI is InChI=1S/C15H24N2/c1-3-13-8-15(16)11-17(9-13)10-14-7-5-4-6-12(14)2/h4-7,13,15H,3,8-11,16H2,1-2H3. The molecule has 0 aromatic heterocycles. The van der Waals surface area contributed by atoms with E-state index in [2.05, 4.69) is 43.0 Å². The lowest BCUT2D eigenvalue weighted by atomic mass is 9.92. The fraction of sp³-hybridized carbons (Fsp3) is 0.600. The van der Waals surface area contributed by atoms with E-state index in [-0.39, 0.29) is 0 Å². The summed E-state index contributed by atoms with van der Waals surface area (Å²) in [6.07, 6.45) is 2.44. The van der Waals surface area contributed by atoms with Crippen LogP contribution in [0.5, 0.6) is 0 Å². The van der Waals surface area contributed by atoms with E-state index in [1.165, 1.54) is 30.5 Å². The molecule has 1 heterocycles. The third-order valence-corrected chi connectivity index (χ3v) is 3.88. The summed E-state index contributed by atoms with van der Waals surface area (Å²) >= 11 is 0. The third-order valence-electron chi connectivity index (χ3n) is 3.88. The van der Waals surface area contributed by atoms with E-state index in [0.29, 0.717) is 6.04 Å². The fourth-order valence-electron chi connectivity index (χ4n) is 2.80. The van der Waals surface area contributed by atoms with Crippen LogP contribution in [0.2, 0.25) is 0 Å². The summed E-state index contributed by atoms with van der Waals surface area (Å²) in [5.41, 5.74) is 8.97. The summed E-state index contributed by atoms with van der Waals surface area (Å²) in [6.45, 7) is 7.77. The molecule has 0 radical (unpaired) electrons. The van der Waals surface area contributed by atoms with E-state index in [1.54, 1.807) is 0 Å². The van der Waals surface area contributed by atoms with Gasteiger partial charge in [0.2, 0.25) is 0 Å². The van der Waals surface area contributed by atoms with Crippen molar-refractivity contribution in [2.45, 2.75) is 39.3 Å². The van der Waals surface area contributed by atoms with Crippen molar-refractivity contribution in [3.05, 3.63) is 35.4 Å². The number of aryl methyl sites for hydroxylation is 1. The van der Waals surface area contributed by atoms with Crippen molar-refractivity contribution >= 4 is 0 Å². The van der Waals surface area contributed by atoms with Crippen LogP contribution in [0.15, 0.2) is 24.3 Å². The van der Waals surface area contributed by atoms with Gasteiger partial charge in [-0.3, -0.25) is 4.90 Å². The number of nitrogens with two attached hydrogens (primary N) is 1. The molecule has 1 aliphatic rings. The minimum atomic E-state index is 0.359. The van der Waals surface area contributed by atoms with Crippen LogP contribution in [0.25, 0.3) is 0 Å². The second kappa shape index (κ2) is 5.65. The molecule has 2 N–H and O–H groups in total. The average Bonchev–Trinajstić information content (AvgIpc) is 2.31. The predicted molar refractivity (Wildman–Crippen MR) is 72.8 cm³/mol. The van der Waals surface area contributed by atoms with Crippen LogP contribution < -0.4 is 5.73 Å². The third kappa shape index (κ3) is 3.30. The second-order valence-electron chi connectivity index (χ2n) is 5.39. The SMILES string of the molecule is CCC1CC(N)CN(Cc2ccccc2C)C1. The molecule has 0 aliphatic carbocycles. The Morgan fingerprint density at radius 2 is 2.06 bits per heavy atom. The summed E-state index contributed by atoms with van der Waals surface area (Å²) in [5, 5.41) is 0. The fourth-order valence-corrected chi connectivity index (χ4v) is 2.80. The molecule has 2 heteroatoms. The number of piperidine rings is 1. The number of hydrogen-bond acceptors (Lipinski definition) is 2. The van der Waals surface area contributed by atoms with E-state index in [4.69, 9.17) is 5.73 Å². The normalized spacial score (nSPS) is 26.1.